The largest absolute Gasteiger partial charge is 0.367 e. The third-order valence-corrected chi connectivity index (χ3v) is 6.52. The number of carbonyl (C=O) groups is 4. The second kappa shape index (κ2) is 5.80. The molecule has 8 nitrogen and oxygen atoms in total. The van der Waals surface area contributed by atoms with Gasteiger partial charge in [0.25, 0.3) is 11.8 Å². The molecule has 5 amide bonds. The molecule has 1 radical (unpaired) electrons. The van der Waals surface area contributed by atoms with E-state index in [2.05, 4.69) is 0 Å². The van der Waals surface area contributed by atoms with E-state index in [1.807, 2.05) is 4.90 Å². The van der Waals surface area contributed by atoms with Crippen molar-refractivity contribution in [2.24, 2.45) is 11.7 Å². The minimum absolute atomic E-state index is 0.119. The van der Waals surface area contributed by atoms with Crippen LogP contribution in [0.25, 0.3) is 0 Å². The molecule has 3 aliphatic heterocycles. The lowest BCUT2D eigenvalue weighted by Gasteiger charge is -2.35. The number of urea groups is 1. The highest BCUT2D eigenvalue weighted by atomic mass is 16.2. The zero-order chi connectivity index (χ0) is 19.6. The average Bonchev–Trinajstić information content (AvgIpc) is 3.35. The number of rotatable bonds is 3. The fourth-order valence-corrected chi connectivity index (χ4v) is 5.13. The Labute approximate surface area is 162 Å². The summed E-state index contributed by atoms with van der Waals surface area (Å²) in [6.45, 7) is 0.309. The Morgan fingerprint density at radius 1 is 1.07 bits per heavy atom. The van der Waals surface area contributed by atoms with Gasteiger partial charge >= 0.3 is 6.03 Å². The number of hydrogen-bond acceptors (Lipinski definition) is 4. The first-order valence-corrected chi connectivity index (χ1v) is 9.68. The summed E-state index contributed by atoms with van der Waals surface area (Å²) in [5.41, 5.74) is 4.99. The molecule has 28 heavy (non-hydrogen) atoms. The molecule has 1 aliphatic carbocycles. The maximum Gasteiger partial charge on any atom is 0.332 e. The van der Waals surface area contributed by atoms with E-state index in [-0.39, 0.29) is 17.9 Å². The van der Waals surface area contributed by atoms with Crippen LogP contribution in [-0.2, 0) is 14.4 Å². The van der Waals surface area contributed by atoms with Crippen LogP contribution in [0.4, 0.5) is 16.2 Å². The highest BCUT2D eigenvalue weighted by molar-refractivity contribution is 6.31. The number of primary amides is 1. The van der Waals surface area contributed by atoms with Crippen LogP contribution < -0.4 is 15.5 Å². The number of benzene rings is 1. The molecule has 5 rings (SSSR count). The molecule has 4 fully saturated rings. The Hall–Kier alpha value is -2.90. The second-order valence-electron chi connectivity index (χ2n) is 7.94. The van der Waals surface area contributed by atoms with Gasteiger partial charge in [0, 0.05) is 30.6 Å². The lowest BCUT2D eigenvalue weighted by molar-refractivity contribution is -0.136. The van der Waals surface area contributed by atoms with Crippen molar-refractivity contribution in [3.8, 4) is 0 Å². The minimum atomic E-state index is -1.70. The summed E-state index contributed by atoms with van der Waals surface area (Å²) >= 11 is 0. The highest BCUT2D eigenvalue weighted by Gasteiger charge is 2.62. The van der Waals surface area contributed by atoms with Crippen molar-refractivity contribution in [3.05, 3.63) is 30.7 Å². The number of hydrogen-bond donors (Lipinski definition) is 1. The van der Waals surface area contributed by atoms with E-state index >= 15 is 0 Å². The van der Waals surface area contributed by atoms with Crippen LogP contribution >= 0.6 is 0 Å². The standard InChI is InChI=1S/C20H21N4O4/c21-17(26)20-9-1-2-10-22(20)19(28)24(18(20)27)14-7-5-13(6-8-14)23-15-4-3-12(11-15)16(23)25/h5-9,12,15H,1-4,10-11H2,(H2,21,26)/t12?,15?,20-/m0/s1. The number of amides is 5. The molecular formula is C20H21N4O4. The van der Waals surface area contributed by atoms with E-state index in [0.29, 0.717) is 25.1 Å². The number of nitrogens with zero attached hydrogens (tertiary/aromatic N) is 3. The highest BCUT2D eigenvalue weighted by Crippen LogP contribution is 2.42. The van der Waals surface area contributed by atoms with Crippen molar-refractivity contribution in [1.82, 2.24) is 4.90 Å². The molecule has 3 saturated heterocycles. The maximum absolute atomic E-state index is 13.1. The van der Waals surface area contributed by atoms with Crippen molar-refractivity contribution < 1.29 is 19.2 Å². The van der Waals surface area contributed by atoms with Crippen LogP contribution in [-0.4, -0.2) is 46.8 Å². The number of nitrogens with two attached hydrogens (primary N) is 1. The Morgan fingerprint density at radius 3 is 2.39 bits per heavy atom. The molecule has 0 aromatic heterocycles. The smallest absolute Gasteiger partial charge is 0.332 e. The van der Waals surface area contributed by atoms with Gasteiger partial charge in [-0.15, -0.1) is 0 Å². The summed E-state index contributed by atoms with van der Waals surface area (Å²) in [6, 6.07) is 6.51. The quantitative estimate of drug-likeness (QED) is 0.627. The lowest BCUT2D eigenvalue weighted by Crippen LogP contribution is -2.61. The molecule has 1 aromatic carbocycles. The summed E-state index contributed by atoms with van der Waals surface area (Å²) < 4.78 is 0. The van der Waals surface area contributed by atoms with Crippen LogP contribution in [0, 0.1) is 12.3 Å². The zero-order valence-corrected chi connectivity index (χ0v) is 15.3. The molecule has 1 saturated carbocycles. The van der Waals surface area contributed by atoms with Gasteiger partial charge in [0.2, 0.25) is 11.4 Å². The molecular weight excluding hydrogens is 360 g/mol. The fraction of sp³-hybridized carbons (Fsp3) is 0.450. The van der Waals surface area contributed by atoms with Crippen molar-refractivity contribution in [2.45, 2.75) is 43.7 Å². The molecule has 1 aromatic rings. The van der Waals surface area contributed by atoms with Crippen molar-refractivity contribution in [3.63, 3.8) is 0 Å². The number of imide groups is 1. The maximum atomic E-state index is 13.1. The summed E-state index contributed by atoms with van der Waals surface area (Å²) in [6.07, 6.45) is 5.64. The van der Waals surface area contributed by atoms with Gasteiger partial charge in [-0.25, -0.2) is 9.69 Å². The van der Waals surface area contributed by atoms with Crippen LogP contribution in [0.3, 0.4) is 0 Å². The Bertz CT molecular complexity index is 898. The van der Waals surface area contributed by atoms with Gasteiger partial charge in [-0.05, 0) is 56.4 Å². The Morgan fingerprint density at radius 2 is 1.79 bits per heavy atom. The van der Waals surface area contributed by atoms with Gasteiger partial charge in [0.05, 0.1) is 5.69 Å². The summed E-state index contributed by atoms with van der Waals surface area (Å²) in [5.74, 6) is -1.19. The lowest BCUT2D eigenvalue weighted by atomic mass is 9.86. The topological polar surface area (TPSA) is 104 Å². The SMILES string of the molecule is NC(=O)[C@]12[CH]CCCN1C(=O)N(c1ccc(N3C(=O)C4CCC3C4)cc1)C2=O. The van der Waals surface area contributed by atoms with Crippen LogP contribution in [0.5, 0.6) is 0 Å². The predicted octanol–water partition coefficient (Wildman–Crippen LogP) is 1.19. The summed E-state index contributed by atoms with van der Waals surface area (Å²) in [7, 11) is 0. The van der Waals surface area contributed by atoms with Gasteiger partial charge in [0.15, 0.2) is 0 Å². The molecule has 8 heteroatoms. The third-order valence-electron chi connectivity index (χ3n) is 6.52. The first-order chi connectivity index (χ1) is 13.4. The second-order valence-corrected chi connectivity index (χ2v) is 7.94. The number of carbonyl (C=O) groups excluding carboxylic acids is 4. The molecule has 4 aliphatic rings. The first kappa shape index (κ1) is 17.2. The average molecular weight is 381 g/mol. The van der Waals surface area contributed by atoms with E-state index in [9.17, 15) is 19.2 Å². The number of anilines is 2. The monoisotopic (exact) mass is 381 g/mol. The van der Waals surface area contributed by atoms with Gasteiger partial charge in [0.1, 0.15) is 0 Å². The number of piperidine rings is 2. The molecule has 3 atom stereocenters. The van der Waals surface area contributed by atoms with E-state index < -0.39 is 23.4 Å². The molecule has 0 spiro atoms. The van der Waals surface area contributed by atoms with Crippen LogP contribution in [0.2, 0.25) is 0 Å². The first-order valence-electron chi connectivity index (χ1n) is 9.68. The van der Waals surface area contributed by atoms with Crippen LogP contribution in [0.15, 0.2) is 24.3 Å². The normalized spacial score (nSPS) is 31.7. The predicted molar refractivity (Wildman–Crippen MR) is 100 cm³/mol. The van der Waals surface area contributed by atoms with E-state index in [4.69, 9.17) is 5.73 Å². The Balaban J connectivity index is 1.47. The van der Waals surface area contributed by atoms with Crippen molar-refractivity contribution in [2.75, 3.05) is 16.3 Å². The molecule has 2 unspecified atom stereocenters. The number of fused-ring (bicyclic) bond motifs is 3. The fourth-order valence-electron chi connectivity index (χ4n) is 5.13. The van der Waals surface area contributed by atoms with Crippen LogP contribution in [0.1, 0.15) is 32.1 Å². The molecule has 2 N–H and O–H groups in total. The zero-order valence-electron chi connectivity index (χ0n) is 15.3. The van der Waals surface area contributed by atoms with Crippen molar-refractivity contribution >= 4 is 35.1 Å². The summed E-state index contributed by atoms with van der Waals surface area (Å²) in [5, 5.41) is 0. The molecule has 3 heterocycles. The van der Waals surface area contributed by atoms with Gasteiger partial charge < -0.3 is 15.5 Å². The third kappa shape index (κ3) is 2.05. The Kier molecular flexibility index (Phi) is 3.56. The van der Waals surface area contributed by atoms with Gasteiger partial charge in [-0.3, -0.25) is 14.4 Å². The van der Waals surface area contributed by atoms with Gasteiger partial charge in [-0.2, -0.15) is 0 Å². The molecule has 2 bridgehead atoms. The van der Waals surface area contributed by atoms with E-state index in [1.54, 1.807) is 30.7 Å². The van der Waals surface area contributed by atoms with E-state index in [1.165, 1.54) is 4.90 Å². The van der Waals surface area contributed by atoms with Crippen molar-refractivity contribution in [1.29, 1.82) is 0 Å². The minimum Gasteiger partial charge on any atom is -0.367 e. The summed E-state index contributed by atoms with van der Waals surface area (Å²) in [4.78, 5) is 54.7. The van der Waals surface area contributed by atoms with Gasteiger partial charge in [-0.1, -0.05) is 0 Å². The molecule has 145 valence electrons. The van der Waals surface area contributed by atoms with E-state index in [0.717, 1.165) is 29.8 Å².